The lowest BCUT2D eigenvalue weighted by molar-refractivity contribution is 0.219. The molecule has 1 saturated carbocycles. The Balaban J connectivity index is 1.42. The Morgan fingerprint density at radius 3 is 2.68 bits per heavy atom. The molecule has 2 aromatic rings. The number of fused-ring (bicyclic) bond motifs is 3. The average Bonchev–Trinajstić information content (AvgIpc) is 3.20. The van der Waals surface area contributed by atoms with Crippen LogP contribution in [0.15, 0.2) is 53.0 Å². The number of rotatable bonds is 5. The maximum Gasteiger partial charge on any atom is 0.137 e. The van der Waals surface area contributed by atoms with Gasteiger partial charge in [0.15, 0.2) is 0 Å². The van der Waals surface area contributed by atoms with Crippen LogP contribution in [0.2, 0.25) is 0 Å². The van der Waals surface area contributed by atoms with E-state index in [9.17, 15) is 0 Å². The molecule has 0 amide bonds. The maximum absolute atomic E-state index is 6.26. The van der Waals surface area contributed by atoms with Gasteiger partial charge in [-0.05, 0) is 58.0 Å². The third-order valence-corrected chi connectivity index (χ3v) is 8.14. The number of hydrogen-bond acceptors (Lipinski definition) is 2. The summed E-state index contributed by atoms with van der Waals surface area (Å²) < 4.78 is 7.37. The minimum atomic E-state index is 0.390. The number of halogens is 1. The second-order valence-corrected chi connectivity index (χ2v) is 9.68. The monoisotopic (exact) mass is 416 g/mol. The van der Waals surface area contributed by atoms with Gasteiger partial charge in [0.1, 0.15) is 11.9 Å². The van der Waals surface area contributed by atoms with Gasteiger partial charge in [-0.1, -0.05) is 56.3 Å². The predicted molar refractivity (Wildman–Crippen MR) is 111 cm³/mol. The highest BCUT2D eigenvalue weighted by atomic mass is 79.9. The van der Waals surface area contributed by atoms with Gasteiger partial charge in [0.25, 0.3) is 0 Å². The Morgan fingerprint density at radius 2 is 1.88 bits per heavy atom. The van der Waals surface area contributed by atoms with Crippen molar-refractivity contribution in [1.82, 2.24) is 0 Å². The van der Waals surface area contributed by atoms with Crippen LogP contribution in [0.1, 0.15) is 49.7 Å². The average molecular weight is 417 g/mol. The first kappa shape index (κ1) is 17.5. The highest BCUT2D eigenvalue weighted by molar-refractivity contribution is 9.10. The summed E-state index contributed by atoms with van der Waals surface area (Å²) in [6.07, 6.45) is 2.88. The van der Waals surface area contributed by atoms with Gasteiger partial charge in [-0.15, -0.1) is 0 Å². The van der Waals surface area contributed by atoms with Crippen LogP contribution in [-0.2, 0) is 0 Å². The fraction of sp³-hybridized carbons (Fsp3) is 0.455. The van der Waals surface area contributed by atoms with E-state index in [4.69, 9.17) is 4.74 Å². The van der Waals surface area contributed by atoms with Gasteiger partial charge < -0.3 is 4.74 Å². The summed E-state index contributed by atoms with van der Waals surface area (Å²) in [6.45, 7) is 4.74. The van der Waals surface area contributed by atoms with E-state index in [0.29, 0.717) is 23.2 Å². The zero-order valence-corrected chi connectivity index (χ0v) is 17.2. The normalized spacial score (nSPS) is 26.6. The van der Waals surface area contributed by atoms with E-state index in [1.165, 1.54) is 29.7 Å². The van der Waals surface area contributed by atoms with Crippen molar-refractivity contribution in [1.29, 1.82) is 0 Å². The Morgan fingerprint density at radius 1 is 1.08 bits per heavy atom. The van der Waals surface area contributed by atoms with Crippen molar-refractivity contribution in [2.24, 2.45) is 5.92 Å². The molecule has 25 heavy (non-hydrogen) atoms. The summed E-state index contributed by atoms with van der Waals surface area (Å²) >= 11 is 5.79. The molecule has 1 heterocycles. The first-order chi connectivity index (χ1) is 12.1. The fourth-order valence-electron chi connectivity index (χ4n) is 4.33. The molecule has 2 aliphatic rings. The Kier molecular flexibility index (Phi) is 5.15. The van der Waals surface area contributed by atoms with Crippen molar-refractivity contribution < 1.29 is 4.74 Å². The number of hydrogen-bond donors (Lipinski definition) is 0. The van der Waals surface area contributed by atoms with Gasteiger partial charge in [-0.3, -0.25) is 0 Å². The van der Waals surface area contributed by atoms with E-state index in [0.717, 1.165) is 16.1 Å². The van der Waals surface area contributed by atoms with Crippen molar-refractivity contribution in [2.75, 3.05) is 5.75 Å². The smallest absolute Gasteiger partial charge is 0.137 e. The molecule has 0 aromatic heterocycles. The molecule has 0 spiro atoms. The van der Waals surface area contributed by atoms with Crippen molar-refractivity contribution in [2.45, 2.75) is 49.9 Å². The first-order valence-corrected chi connectivity index (χ1v) is 11.1. The zero-order valence-electron chi connectivity index (χ0n) is 14.8. The summed E-state index contributed by atoms with van der Waals surface area (Å²) in [7, 11) is 0. The molecule has 0 N–H and O–H groups in total. The van der Waals surface area contributed by atoms with Crippen LogP contribution in [0.25, 0.3) is 0 Å². The SMILES string of the molecule is CC(SC[C@H]1CC[C@@H]2Oc3c(Br)cccc3[C@H]12)[C@@H](C)c1ccccc1. The lowest BCUT2D eigenvalue weighted by Gasteiger charge is -2.24. The van der Waals surface area contributed by atoms with Gasteiger partial charge in [-0.25, -0.2) is 0 Å². The quantitative estimate of drug-likeness (QED) is 0.540. The van der Waals surface area contributed by atoms with E-state index in [2.05, 4.69) is 90.1 Å². The highest BCUT2D eigenvalue weighted by Gasteiger charge is 2.45. The van der Waals surface area contributed by atoms with Crippen LogP contribution in [0.3, 0.4) is 0 Å². The van der Waals surface area contributed by atoms with Crippen molar-refractivity contribution in [3.63, 3.8) is 0 Å². The molecule has 2 aromatic carbocycles. The van der Waals surface area contributed by atoms with E-state index >= 15 is 0 Å². The number of para-hydroxylation sites is 1. The largest absolute Gasteiger partial charge is 0.488 e. The molecule has 1 aliphatic heterocycles. The third-order valence-electron chi connectivity index (χ3n) is 5.96. The fourth-order valence-corrected chi connectivity index (χ4v) is 6.17. The maximum atomic E-state index is 6.26. The van der Waals surface area contributed by atoms with Crippen LogP contribution in [-0.4, -0.2) is 17.1 Å². The molecule has 1 aliphatic carbocycles. The molecule has 1 fully saturated rings. The minimum Gasteiger partial charge on any atom is -0.488 e. The molecule has 0 saturated heterocycles. The summed E-state index contributed by atoms with van der Waals surface area (Å²) in [4.78, 5) is 0. The van der Waals surface area contributed by atoms with Crippen LogP contribution in [0.4, 0.5) is 0 Å². The highest BCUT2D eigenvalue weighted by Crippen LogP contribution is 2.53. The second-order valence-electron chi connectivity index (χ2n) is 7.42. The molecule has 0 bridgehead atoms. The van der Waals surface area contributed by atoms with Crippen LogP contribution >= 0.6 is 27.7 Å². The molecule has 5 atom stereocenters. The number of ether oxygens (including phenoxy) is 1. The Bertz CT molecular complexity index is 732. The predicted octanol–water partition coefficient (Wildman–Crippen LogP) is 6.63. The third kappa shape index (κ3) is 3.38. The number of thioether (sulfide) groups is 1. The molecule has 0 radical (unpaired) electrons. The Labute approximate surface area is 163 Å². The van der Waals surface area contributed by atoms with Crippen LogP contribution < -0.4 is 4.74 Å². The van der Waals surface area contributed by atoms with E-state index in [-0.39, 0.29) is 0 Å². The van der Waals surface area contributed by atoms with Crippen molar-refractivity contribution in [3.05, 3.63) is 64.1 Å². The lowest BCUT2D eigenvalue weighted by atomic mass is 9.90. The van der Waals surface area contributed by atoms with Crippen LogP contribution in [0, 0.1) is 5.92 Å². The lowest BCUT2D eigenvalue weighted by Crippen LogP contribution is -2.18. The van der Waals surface area contributed by atoms with E-state index < -0.39 is 0 Å². The minimum absolute atomic E-state index is 0.390. The Hall–Kier alpha value is -0.930. The number of benzene rings is 2. The van der Waals surface area contributed by atoms with Crippen molar-refractivity contribution >= 4 is 27.7 Å². The van der Waals surface area contributed by atoms with Gasteiger partial charge in [0.2, 0.25) is 0 Å². The summed E-state index contributed by atoms with van der Waals surface area (Å²) in [5, 5.41) is 0.630. The van der Waals surface area contributed by atoms with Gasteiger partial charge in [0, 0.05) is 16.7 Å². The molecular formula is C22H25BrOS. The summed E-state index contributed by atoms with van der Waals surface area (Å²) in [6, 6.07) is 17.4. The molecule has 132 valence electrons. The van der Waals surface area contributed by atoms with Crippen molar-refractivity contribution in [3.8, 4) is 5.75 Å². The molecule has 1 unspecified atom stereocenters. The standard InChI is InChI=1S/C22H25BrOS/c1-14(16-7-4-3-5-8-16)15(2)25-13-17-11-12-20-21(17)18-9-6-10-19(23)22(18)24-20/h3-10,14-15,17,20-21H,11-13H2,1-2H3/t14-,15?,17-,20+,21+/m1/s1. The molecule has 4 rings (SSSR count). The first-order valence-electron chi connectivity index (χ1n) is 9.26. The van der Waals surface area contributed by atoms with E-state index in [1.807, 2.05) is 0 Å². The summed E-state index contributed by atoms with van der Waals surface area (Å²) in [5.74, 6) is 4.23. The van der Waals surface area contributed by atoms with E-state index in [1.54, 1.807) is 0 Å². The topological polar surface area (TPSA) is 9.23 Å². The van der Waals surface area contributed by atoms with Crippen LogP contribution in [0.5, 0.6) is 5.75 Å². The van der Waals surface area contributed by atoms with Gasteiger partial charge in [-0.2, -0.15) is 11.8 Å². The zero-order chi connectivity index (χ0) is 17.4. The molecule has 3 heteroatoms. The summed E-state index contributed by atoms with van der Waals surface area (Å²) in [5.41, 5.74) is 2.87. The van der Waals surface area contributed by atoms with Gasteiger partial charge >= 0.3 is 0 Å². The molecule has 1 nitrogen and oxygen atoms in total. The van der Waals surface area contributed by atoms with Gasteiger partial charge in [0.05, 0.1) is 4.47 Å². The molecular weight excluding hydrogens is 392 g/mol. The second kappa shape index (κ2) is 7.36.